The highest BCUT2D eigenvalue weighted by Crippen LogP contribution is 1.81. The van der Waals surface area contributed by atoms with E-state index < -0.39 is 5.97 Å². The Bertz CT molecular complexity index is 155. The van der Waals surface area contributed by atoms with Crippen molar-refractivity contribution in [1.29, 1.82) is 0 Å². The molecular formula is C8H17NO6. The third kappa shape index (κ3) is 19.4. The molecule has 15 heavy (non-hydrogen) atoms. The van der Waals surface area contributed by atoms with Crippen LogP contribution in [0.2, 0.25) is 0 Å². The van der Waals surface area contributed by atoms with Gasteiger partial charge in [-0.15, -0.1) is 0 Å². The molecule has 0 aliphatic carbocycles. The molecule has 90 valence electrons. The van der Waals surface area contributed by atoms with Gasteiger partial charge in [-0.25, -0.2) is 4.79 Å². The van der Waals surface area contributed by atoms with E-state index in [1.807, 2.05) is 0 Å². The highest BCUT2D eigenvalue weighted by molar-refractivity contribution is 5.84. The van der Waals surface area contributed by atoms with Gasteiger partial charge in [0.1, 0.15) is 0 Å². The molecular weight excluding hydrogens is 206 g/mol. The fourth-order valence-electron chi connectivity index (χ4n) is 0.216. The predicted molar refractivity (Wildman–Crippen MR) is 51.7 cm³/mol. The molecule has 7 nitrogen and oxygen atoms in total. The van der Waals surface area contributed by atoms with Crippen LogP contribution in [0.4, 0.5) is 0 Å². The smallest absolute Gasteiger partial charge is 0.330 e. The minimum atomic E-state index is -0.935. The topological polar surface area (TPSA) is 108 Å². The molecule has 0 amide bonds. The molecule has 0 fully saturated rings. The lowest BCUT2D eigenvalue weighted by molar-refractivity contribution is -0.178. The molecule has 0 aromatic heterocycles. The van der Waals surface area contributed by atoms with E-state index in [0.29, 0.717) is 0 Å². The van der Waals surface area contributed by atoms with Crippen LogP contribution in [0, 0.1) is 0 Å². The average Bonchev–Trinajstić information content (AvgIpc) is 2.18. The van der Waals surface area contributed by atoms with Gasteiger partial charge in [0, 0.05) is 5.57 Å². The highest BCUT2D eigenvalue weighted by Gasteiger charge is 1.90. The summed E-state index contributed by atoms with van der Waals surface area (Å²) in [5, 5.41) is 24.2. The third-order valence-electron chi connectivity index (χ3n) is 0.870. The van der Waals surface area contributed by atoms with Crippen LogP contribution in [-0.2, 0) is 14.5 Å². The Balaban J connectivity index is 0. The molecule has 4 N–H and O–H groups in total. The minimum absolute atomic E-state index is 0.0600. The molecule has 0 spiro atoms. The second-order valence-corrected chi connectivity index (χ2v) is 2.31. The third-order valence-corrected chi connectivity index (χ3v) is 0.870. The number of aliphatic carboxylic acids is 1. The standard InChI is InChI=1S/C4H11NO4.C4H6O2/c6-1-3-8-5-9-4-2-7;1-3(2)4(5)6/h5-7H,1-4H2;1H2,2H3,(H,5,6). The largest absolute Gasteiger partial charge is 0.478 e. The SMILES string of the molecule is C=C(C)C(=O)O.OCCONOCCO. The maximum Gasteiger partial charge on any atom is 0.330 e. The van der Waals surface area contributed by atoms with E-state index >= 15 is 0 Å². The zero-order chi connectivity index (χ0) is 12.1. The summed E-state index contributed by atoms with van der Waals surface area (Å²) < 4.78 is 0. The summed E-state index contributed by atoms with van der Waals surface area (Å²) >= 11 is 0. The predicted octanol–water partition coefficient (Wildman–Crippen LogP) is -0.929. The molecule has 0 saturated carbocycles. The van der Waals surface area contributed by atoms with E-state index in [1.165, 1.54) is 6.92 Å². The maximum absolute atomic E-state index is 9.60. The number of carbonyl (C=O) groups is 1. The van der Waals surface area contributed by atoms with Gasteiger partial charge in [0.15, 0.2) is 0 Å². The van der Waals surface area contributed by atoms with Gasteiger partial charge >= 0.3 is 5.97 Å². The van der Waals surface area contributed by atoms with E-state index in [1.54, 1.807) is 0 Å². The summed E-state index contributed by atoms with van der Waals surface area (Å²) in [6, 6.07) is 0. The van der Waals surface area contributed by atoms with E-state index in [2.05, 4.69) is 21.9 Å². The Morgan fingerprint density at radius 3 is 1.80 bits per heavy atom. The van der Waals surface area contributed by atoms with Crippen molar-refractivity contribution in [2.75, 3.05) is 26.4 Å². The zero-order valence-electron chi connectivity index (χ0n) is 8.60. The molecule has 0 heterocycles. The van der Waals surface area contributed by atoms with E-state index in [4.69, 9.17) is 15.3 Å². The Kier molecular flexibility index (Phi) is 14.3. The number of carboxylic acids is 1. The lowest BCUT2D eigenvalue weighted by Gasteiger charge is -2.01. The van der Waals surface area contributed by atoms with Crippen LogP contribution in [0.1, 0.15) is 6.92 Å². The Hall–Kier alpha value is -0.990. The van der Waals surface area contributed by atoms with Crippen molar-refractivity contribution in [3.8, 4) is 0 Å². The summed E-state index contributed by atoms with van der Waals surface area (Å²) in [5.74, 6) is -0.935. The van der Waals surface area contributed by atoms with Crippen molar-refractivity contribution >= 4 is 5.97 Å². The molecule has 7 heteroatoms. The number of nitrogens with one attached hydrogen (secondary N) is 1. The lowest BCUT2D eigenvalue weighted by atomic mass is 10.4. The first-order valence-corrected chi connectivity index (χ1v) is 4.15. The molecule has 0 aliphatic heterocycles. The van der Waals surface area contributed by atoms with Crippen molar-refractivity contribution in [3.05, 3.63) is 12.2 Å². The fraction of sp³-hybridized carbons (Fsp3) is 0.625. The van der Waals surface area contributed by atoms with Crippen molar-refractivity contribution in [2.24, 2.45) is 0 Å². The second kappa shape index (κ2) is 13.0. The van der Waals surface area contributed by atoms with Crippen LogP contribution in [0.15, 0.2) is 12.2 Å². The minimum Gasteiger partial charge on any atom is -0.478 e. The molecule has 0 aromatic carbocycles. The molecule has 0 radical (unpaired) electrons. The summed E-state index contributed by atoms with van der Waals surface area (Å²) in [7, 11) is 0. The van der Waals surface area contributed by atoms with E-state index in [-0.39, 0.29) is 32.0 Å². The highest BCUT2D eigenvalue weighted by atomic mass is 16.9. The Morgan fingerprint density at radius 1 is 1.27 bits per heavy atom. The number of carboxylic acid groups (broad SMARTS) is 1. The summed E-state index contributed by atoms with van der Waals surface area (Å²) in [6.07, 6.45) is 0. The van der Waals surface area contributed by atoms with Crippen molar-refractivity contribution in [2.45, 2.75) is 6.92 Å². The van der Waals surface area contributed by atoms with Gasteiger partial charge in [-0.2, -0.15) is 0 Å². The second-order valence-electron chi connectivity index (χ2n) is 2.31. The van der Waals surface area contributed by atoms with Crippen LogP contribution < -0.4 is 5.64 Å². The number of rotatable bonds is 7. The number of aliphatic hydroxyl groups is 2. The first-order chi connectivity index (χ1) is 7.06. The summed E-state index contributed by atoms with van der Waals surface area (Å²) in [5.41, 5.74) is 2.24. The van der Waals surface area contributed by atoms with Gasteiger partial charge in [-0.3, -0.25) is 9.68 Å². The summed E-state index contributed by atoms with van der Waals surface area (Å²) in [4.78, 5) is 18.5. The van der Waals surface area contributed by atoms with E-state index in [9.17, 15) is 4.79 Å². The fourth-order valence-corrected chi connectivity index (χ4v) is 0.216. The first-order valence-electron chi connectivity index (χ1n) is 4.15. The van der Waals surface area contributed by atoms with Crippen molar-refractivity contribution in [1.82, 2.24) is 5.64 Å². The maximum atomic E-state index is 9.60. The van der Waals surface area contributed by atoms with Gasteiger partial charge in [-0.05, 0) is 6.92 Å². The molecule has 0 unspecified atom stereocenters. The molecule has 0 atom stereocenters. The van der Waals surface area contributed by atoms with E-state index in [0.717, 1.165) is 0 Å². The van der Waals surface area contributed by atoms with Crippen molar-refractivity contribution < 1.29 is 29.8 Å². The van der Waals surface area contributed by atoms with Crippen LogP contribution in [0.3, 0.4) is 0 Å². The molecule has 0 rings (SSSR count). The van der Waals surface area contributed by atoms with Crippen LogP contribution in [0.25, 0.3) is 0 Å². The Morgan fingerprint density at radius 2 is 1.60 bits per heavy atom. The number of hydrogen-bond acceptors (Lipinski definition) is 6. The molecule has 0 saturated heterocycles. The van der Waals surface area contributed by atoms with Crippen LogP contribution in [0.5, 0.6) is 0 Å². The number of hydrogen-bond donors (Lipinski definition) is 4. The normalized spacial score (nSPS) is 9.00. The average molecular weight is 223 g/mol. The van der Waals surface area contributed by atoms with Crippen LogP contribution >= 0.6 is 0 Å². The van der Waals surface area contributed by atoms with Gasteiger partial charge in [0.05, 0.1) is 26.4 Å². The summed E-state index contributed by atoms with van der Waals surface area (Å²) in [6.45, 7) is 4.83. The number of aliphatic hydroxyl groups excluding tert-OH is 2. The zero-order valence-corrected chi connectivity index (χ0v) is 8.60. The monoisotopic (exact) mass is 223 g/mol. The van der Waals surface area contributed by atoms with Gasteiger partial charge in [0.25, 0.3) is 0 Å². The lowest BCUT2D eigenvalue weighted by Crippen LogP contribution is -2.19. The van der Waals surface area contributed by atoms with Gasteiger partial charge in [0.2, 0.25) is 0 Å². The molecule has 0 aliphatic rings. The molecule has 0 aromatic rings. The van der Waals surface area contributed by atoms with Gasteiger partial charge < -0.3 is 15.3 Å². The van der Waals surface area contributed by atoms with Gasteiger partial charge in [-0.1, -0.05) is 12.2 Å². The molecule has 0 bridgehead atoms. The first kappa shape index (κ1) is 16.4. The van der Waals surface area contributed by atoms with Crippen LogP contribution in [-0.4, -0.2) is 47.7 Å². The Labute approximate surface area is 87.8 Å². The van der Waals surface area contributed by atoms with Crippen molar-refractivity contribution in [3.63, 3.8) is 0 Å². The quantitative estimate of drug-likeness (QED) is 0.251.